The maximum Gasteiger partial charge on any atom is 0.312 e. The van der Waals surface area contributed by atoms with E-state index in [2.05, 4.69) is 54.5 Å². The molecule has 0 unspecified atom stereocenters. The predicted octanol–water partition coefficient (Wildman–Crippen LogP) is 1.59. The van der Waals surface area contributed by atoms with Gasteiger partial charge >= 0.3 is 5.97 Å². The molecule has 4 saturated carbocycles. The summed E-state index contributed by atoms with van der Waals surface area (Å²) < 4.78 is 36.1. The molecule has 0 amide bonds. The van der Waals surface area contributed by atoms with Crippen LogP contribution in [-0.2, 0) is 33.2 Å². The highest BCUT2D eigenvalue weighted by Gasteiger charge is 2.71. The summed E-state index contributed by atoms with van der Waals surface area (Å²) in [4.78, 5) is 13.2. The lowest BCUT2D eigenvalue weighted by Crippen LogP contribution is -2.68. The van der Waals surface area contributed by atoms with Crippen LogP contribution in [0.5, 0.6) is 0 Å². The first kappa shape index (κ1) is 46.2. The number of fused-ring (bicyclic) bond motifs is 7. The lowest BCUT2D eigenvalue weighted by atomic mass is 9.33. The van der Waals surface area contributed by atoms with Crippen LogP contribution in [0.4, 0.5) is 0 Å². The summed E-state index contributed by atoms with van der Waals surface area (Å²) in [6.07, 6.45) is -10.1. The lowest BCUT2D eigenvalue weighted by Gasteiger charge is -2.71. The summed E-state index contributed by atoms with van der Waals surface area (Å²) in [6.45, 7) is 15.0. The Bertz CT molecular complexity index is 1670. The van der Waals surface area contributed by atoms with Gasteiger partial charge in [-0.25, -0.2) is 0 Å². The molecular formula is C45H72O16. The Morgan fingerprint density at radius 1 is 0.639 bits per heavy atom. The van der Waals surface area contributed by atoms with Crippen LogP contribution in [0.3, 0.4) is 0 Å². The van der Waals surface area contributed by atoms with Crippen molar-refractivity contribution in [2.24, 2.45) is 50.2 Å². The second-order valence-corrected chi connectivity index (χ2v) is 22.2. The fraction of sp³-hybridized carbons (Fsp3) is 0.933. The number of aliphatic carboxylic acids is 1. The van der Waals surface area contributed by atoms with E-state index in [0.29, 0.717) is 19.3 Å². The number of carboxylic acids is 1. The van der Waals surface area contributed by atoms with Gasteiger partial charge in [-0.3, -0.25) is 4.79 Å². The quantitative estimate of drug-likeness (QED) is 0.130. The molecule has 0 aromatic rings. The minimum atomic E-state index is -1.71. The number of ether oxygens (including phenoxy) is 6. The minimum Gasteiger partial charge on any atom is -0.481 e. The molecule has 0 bridgehead atoms. The van der Waals surface area contributed by atoms with Gasteiger partial charge in [-0.1, -0.05) is 60.1 Å². The highest BCUT2D eigenvalue weighted by atomic mass is 16.8. The standard InChI is InChI=1S/C45H72O16/c1-40(2)14-15-45(39(54)55)22(16-40)21-8-9-27-42(5)12-11-29(41(3,4)26(42)10-13-43(27,6)44(21,7)17-28(45)49)59-37-34(31(51)24(47)19-57-37)61-38-35(32(52)25(48)20-58-38)60-36-33(53)30(50)23(46)18-56-36/h8,22-38,46-53H,9-20H2,1-7H3,(H,54,55)/t22-,23+,24+,25+,26+,27-,28-,29+,30+,31+,32+,33+,34+,35+,36+,37+,38+,42-,43+,44-,45-/m1/s1. The molecule has 16 nitrogen and oxygen atoms in total. The number of hydrogen-bond donors (Lipinski definition) is 9. The molecule has 7 fully saturated rings. The second-order valence-electron chi connectivity index (χ2n) is 22.2. The number of aliphatic hydroxyl groups is 8. The maximum atomic E-state index is 13.2. The summed E-state index contributed by atoms with van der Waals surface area (Å²) in [5.74, 6) is -0.656. The number of hydrogen-bond acceptors (Lipinski definition) is 15. The number of carboxylic acid groups (broad SMARTS) is 1. The van der Waals surface area contributed by atoms with Gasteiger partial charge in [-0.2, -0.15) is 0 Å². The Labute approximate surface area is 358 Å². The number of aliphatic hydroxyl groups excluding tert-OH is 8. The fourth-order valence-electron chi connectivity index (χ4n) is 14.4. The van der Waals surface area contributed by atoms with Gasteiger partial charge in [0.05, 0.1) is 32.0 Å². The van der Waals surface area contributed by atoms with Crippen LogP contribution >= 0.6 is 0 Å². The van der Waals surface area contributed by atoms with Crippen molar-refractivity contribution in [2.45, 2.75) is 192 Å². The van der Waals surface area contributed by atoms with Gasteiger partial charge in [0.25, 0.3) is 0 Å². The van der Waals surface area contributed by atoms with E-state index < -0.39 is 96.7 Å². The monoisotopic (exact) mass is 868 g/mol. The van der Waals surface area contributed by atoms with E-state index in [0.717, 1.165) is 38.5 Å². The molecule has 61 heavy (non-hydrogen) atoms. The Morgan fingerprint density at radius 3 is 1.80 bits per heavy atom. The third-order valence-electron chi connectivity index (χ3n) is 18.2. The molecule has 3 aliphatic heterocycles. The number of carbonyl (C=O) groups is 1. The normalized spacial score (nSPS) is 54.3. The van der Waals surface area contributed by atoms with Crippen LogP contribution in [-0.4, -0.2) is 158 Å². The third-order valence-corrected chi connectivity index (χ3v) is 18.2. The SMILES string of the molecule is CC1(C)CC[C@]2(C(=O)O)[C@H](O)C[C@]3(C)C(=CC[C@@H]4[C@]5(C)CC[C@H](O[C@@H]6OC[C@H](O)[C@H](O)[C@@H]6O[C@@H]6OC[C@H](O)[C@H](O)[C@@H]6O[C@@H]6OC[C@H](O)[C@H](O)[C@@H]6O)C(C)(C)[C@@H]5CC[C@@]43C)[C@H]2C1. The van der Waals surface area contributed by atoms with E-state index in [1.165, 1.54) is 5.57 Å². The van der Waals surface area contributed by atoms with Crippen LogP contribution < -0.4 is 0 Å². The van der Waals surface area contributed by atoms with Crippen LogP contribution in [0.15, 0.2) is 11.6 Å². The van der Waals surface area contributed by atoms with Gasteiger partial charge in [-0.15, -0.1) is 0 Å². The van der Waals surface area contributed by atoms with Gasteiger partial charge < -0.3 is 74.4 Å². The molecule has 9 N–H and O–H groups in total. The van der Waals surface area contributed by atoms with Gasteiger partial charge in [-0.05, 0) is 103 Å². The Balaban J connectivity index is 1.02. The van der Waals surface area contributed by atoms with Gasteiger partial charge in [0.2, 0.25) is 0 Å². The Hall–Kier alpha value is -1.35. The van der Waals surface area contributed by atoms with Crippen LogP contribution in [0.2, 0.25) is 0 Å². The van der Waals surface area contributed by atoms with E-state index in [-0.39, 0.29) is 65.3 Å². The van der Waals surface area contributed by atoms with Crippen LogP contribution in [0.1, 0.15) is 106 Å². The first-order chi connectivity index (χ1) is 28.4. The van der Waals surface area contributed by atoms with Crippen LogP contribution in [0.25, 0.3) is 0 Å². The molecule has 21 atom stereocenters. The summed E-state index contributed by atoms with van der Waals surface area (Å²) in [5.41, 5.74) is -1.10. The van der Waals surface area contributed by atoms with Crippen molar-refractivity contribution in [1.29, 1.82) is 0 Å². The predicted molar refractivity (Wildman–Crippen MR) is 214 cm³/mol. The van der Waals surface area contributed by atoms with Crippen molar-refractivity contribution in [1.82, 2.24) is 0 Å². The van der Waals surface area contributed by atoms with Gasteiger partial charge in [0.15, 0.2) is 18.9 Å². The zero-order chi connectivity index (χ0) is 44.4. The molecule has 16 heteroatoms. The van der Waals surface area contributed by atoms with Crippen molar-refractivity contribution < 1.29 is 79.2 Å². The van der Waals surface area contributed by atoms with Crippen molar-refractivity contribution in [2.75, 3.05) is 19.8 Å². The fourth-order valence-corrected chi connectivity index (χ4v) is 14.4. The van der Waals surface area contributed by atoms with Gasteiger partial charge in [0, 0.05) is 0 Å². The highest BCUT2D eigenvalue weighted by Crippen LogP contribution is 2.76. The van der Waals surface area contributed by atoms with Crippen molar-refractivity contribution in [3.05, 3.63) is 11.6 Å². The second kappa shape index (κ2) is 15.9. The third kappa shape index (κ3) is 7.11. The molecule has 0 aromatic heterocycles. The van der Waals surface area contributed by atoms with E-state index in [4.69, 9.17) is 28.4 Å². The molecule has 3 heterocycles. The maximum absolute atomic E-state index is 13.2. The van der Waals surface area contributed by atoms with Crippen molar-refractivity contribution in [3.63, 3.8) is 0 Å². The molecule has 0 spiro atoms. The van der Waals surface area contributed by atoms with Crippen molar-refractivity contribution >= 4 is 5.97 Å². The lowest BCUT2D eigenvalue weighted by molar-refractivity contribution is -0.378. The van der Waals surface area contributed by atoms with Gasteiger partial charge in [0.1, 0.15) is 60.4 Å². The van der Waals surface area contributed by atoms with Crippen LogP contribution in [0, 0.1) is 50.2 Å². The Kier molecular flexibility index (Phi) is 12.1. The first-order valence-corrected chi connectivity index (χ1v) is 22.6. The van der Waals surface area contributed by atoms with E-state index in [1.807, 2.05) is 0 Å². The minimum absolute atomic E-state index is 0.0294. The van der Waals surface area contributed by atoms with Crippen molar-refractivity contribution in [3.8, 4) is 0 Å². The number of allylic oxidation sites excluding steroid dienone is 2. The first-order valence-electron chi connectivity index (χ1n) is 22.6. The molecular weight excluding hydrogens is 796 g/mol. The molecule has 3 saturated heterocycles. The molecule has 5 aliphatic carbocycles. The topological polar surface area (TPSA) is 255 Å². The summed E-state index contributed by atoms with van der Waals surface area (Å²) in [7, 11) is 0. The number of rotatable bonds is 7. The molecule has 8 aliphatic rings. The van der Waals surface area contributed by atoms with E-state index in [9.17, 15) is 50.8 Å². The highest BCUT2D eigenvalue weighted by molar-refractivity contribution is 5.77. The largest absolute Gasteiger partial charge is 0.481 e. The molecule has 8 rings (SSSR count). The summed E-state index contributed by atoms with van der Waals surface area (Å²) >= 11 is 0. The molecule has 0 aromatic carbocycles. The molecule has 348 valence electrons. The summed E-state index contributed by atoms with van der Waals surface area (Å²) in [5, 5.41) is 97.2. The Morgan fingerprint density at radius 2 is 1.20 bits per heavy atom. The van der Waals surface area contributed by atoms with E-state index in [1.54, 1.807) is 0 Å². The molecule has 0 radical (unpaired) electrons. The average molecular weight is 869 g/mol. The zero-order valence-electron chi connectivity index (χ0n) is 36.8. The van der Waals surface area contributed by atoms with E-state index >= 15 is 0 Å². The average Bonchev–Trinajstić information content (AvgIpc) is 3.18. The smallest absolute Gasteiger partial charge is 0.312 e. The summed E-state index contributed by atoms with van der Waals surface area (Å²) in [6, 6.07) is 0. The zero-order valence-corrected chi connectivity index (χ0v) is 36.8.